The van der Waals surface area contributed by atoms with Gasteiger partial charge in [0, 0.05) is 65.1 Å². The van der Waals surface area contributed by atoms with Gasteiger partial charge in [0.25, 0.3) is 12.3 Å². The van der Waals surface area contributed by atoms with Crippen LogP contribution in [0.3, 0.4) is 0 Å². The Bertz CT molecular complexity index is 2550. The van der Waals surface area contributed by atoms with Crippen molar-refractivity contribution in [1.82, 2.24) is 48.6 Å². The fourth-order valence-electron chi connectivity index (χ4n) is 10.3. The zero-order valence-corrected chi connectivity index (χ0v) is 34.1. The van der Waals surface area contributed by atoms with Crippen molar-refractivity contribution in [2.45, 2.75) is 88.6 Å². The highest BCUT2D eigenvalue weighted by Gasteiger charge is 2.40. The minimum absolute atomic E-state index is 0.00266. The lowest BCUT2D eigenvalue weighted by Crippen LogP contribution is -2.46. The van der Waals surface area contributed by atoms with Gasteiger partial charge < -0.3 is 19.9 Å². The number of imidazole rings is 1. The Kier molecular flexibility index (Phi) is 10.4. The van der Waals surface area contributed by atoms with Crippen LogP contribution in [0.2, 0.25) is 0 Å². The van der Waals surface area contributed by atoms with Gasteiger partial charge in [-0.25, -0.2) is 23.1 Å². The minimum atomic E-state index is -2.86. The van der Waals surface area contributed by atoms with Crippen molar-refractivity contribution in [2.24, 2.45) is 13.0 Å². The van der Waals surface area contributed by atoms with Gasteiger partial charge in [0.2, 0.25) is 11.8 Å². The first-order valence-electron chi connectivity index (χ1n) is 21.5. The van der Waals surface area contributed by atoms with E-state index in [0.29, 0.717) is 36.7 Å². The minimum Gasteiger partial charge on any atom is -0.374 e. The van der Waals surface area contributed by atoms with Crippen LogP contribution >= 0.6 is 0 Å². The summed E-state index contributed by atoms with van der Waals surface area (Å²) < 4.78 is 40.6. The molecule has 1 saturated carbocycles. The average molecular weight is 841 g/mol. The number of carbonyl (C=O) groups is 3. The Morgan fingerprint density at radius 1 is 1.02 bits per heavy atom. The maximum atomic E-state index is 14.3. The second-order valence-electron chi connectivity index (χ2n) is 17.3. The number of imide groups is 1. The standard InChI is InChI=1S/C42H50F2N12O5/c1-50-37-26(3-2-4-32(37)56(42(50)60)33-9-10-35(57)48-41(33)59)21-52-17-15-51(16-18-52)13-11-25-5-7-27(8-6-25)55-23-31(36(49-55)38(43)44)46-40(58)30-20-45-54-14-12-34(47-39(30)54)53-22-29-19-28(53)24-61-29/h2-4,12,14,20,23,25,27-29,33,38H,5-11,13,15-19,21-22,24H2,1H3,(H,46,58)(H,48,57,59)/t25-,27-,28-,29-,33?/m1/s1. The number of alkyl halides is 2. The number of para-hydroxylation sites is 1. The lowest BCUT2D eigenvalue weighted by Gasteiger charge is -2.36. The average Bonchev–Trinajstić information content (AvgIpc) is 4.11. The van der Waals surface area contributed by atoms with E-state index < -0.39 is 30.0 Å². The molecule has 4 aliphatic heterocycles. The van der Waals surface area contributed by atoms with Gasteiger partial charge in [0.05, 0.1) is 47.7 Å². The van der Waals surface area contributed by atoms with E-state index in [1.165, 1.54) is 15.3 Å². The number of anilines is 2. The molecule has 8 heterocycles. The second kappa shape index (κ2) is 16.1. The van der Waals surface area contributed by atoms with Crippen LogP contribution in [0.25, 0.3) is 16.7 Å². The Morgan fingerprint density at radius 3 is 2.56 bits per heavy atom. The summed E-state index contributed by atoms with van der Waals surface area (Å²) in [4.78, 5) is 63.2. The molecule has 1 unspecified atom stereocenters. The van der Waals surface area contributed by atoms with Gasteiger partial charge in [0.1, 0.15) is 17.4 Å². The predicted octanol–water partition coefficient (Wildman–Crippen LogP) is 3.66. The summed E-state index contributed by atoms with van der Waals surface area (Å²) in [5, 5.41) is 13.7. The number of ether oxygens (including phenoxy) is 1. The third kappa shape index (κ3) is 7.49. The van der Waals surface area contributed by atoms with Crippen LogP contribution in [0, 0.1) is 5.92 Å². The number of piperazine rings is 1. The molecule has 3 amide bonds. The van der Waals surface area contributed by atoms with Crippen LogP contribution in [0.4, 0.5) is 20.3 Å². The van der Waals surface area contributed by atoms with Crippen LogP contribution in [-0.4, -0.2) is 119 Å². The molecule has 5 aliphatic rings. The summed E-state index contributed by atoms with van der Waals surface area (Å²) in [7, 11) is 1.74. The molecule has 61 heavy (non-hydrogen) atoms. The van der Waals surface area contributed by atoms with Gasteiger partial charge in [-0.2, -0.15) is 10.2 Å². The number of hydrogen-bond acceptors (Lipinski definition) is 11. The summed E-state index contributed by atoms with van der Waals surface area (Å²) in [6, 6.07) is 7.20. The second-order valence-corrected chi connectivity index (χ2v) is 17.3. The zero-order valence-electron chi connectivity index (χ0n) is 34.1. The molecular formula is C42H50F2N12O5. The molecule has 17 nitrogen and oxygen atoms in total. The molecule has 0 radical (unpaired) electrons. The number of morpholine rings is 1. The van der Waals surface area contributed by atoms with Gasteiger partial charge in [-0.1, -0.05) is 12.1 Å². The highest BCUT2D eigenvalue weighted by molar-refractivity contribution is 6.08. The number of benzene rings is 1. The quantitative estimate of drug-likeness (QED) is 0.186. The molecule has 2 N–H and O–H groups in total. The molecule has 322 valence electrons. The third-order valence-electron chi connectivity index (χ3n) is 13.6. The number of nitrogens with zero attached hydrogens (tertiary/aromatic N) is 10. The van der Waals surface area contributed by atoms with E-state index in [4.69, 9.17) is 9.72 Å². The van der Waals surface area contributed by atoms with E-state index in [9.17, 15) is 28.0 Å². The van der Waals surface area contributed by atoms with Gasteiger partial charge in [0.15, 0.2) is 11.3 Å². The van der Waals surface area contributed by atoms with Crippen LogP contribution < -0.4 is 21.2 Å². The van der Waals surface area contributed by atoms with Crippen LogP contribution in [-0.2, 0) is 27.9 Å². The first-order chi connectivity index (χ1) is 29.6. The number of fused-ring (bicyclic) bond motifs is 4. The molecule has 0 spiro atoms. The molecular weight excluding hydrogens is 791 g/mol. The Hall–Kier alpha value is -5.53. The highest BCUT2D eigenvalue weighted by Crippen LogP contribution is 2.37. The van der Waals surface area contributed by atoms with Crippen molar-refractivity contribution in [3.8, 4) is 0 Å². The van der Waals surface area contributed by atoms with Crippen LogP contribution in [0.15, 0.2) is 47.7 Å². The van der Waals surface area contributed by atoms with E-state index in [1.54, 1.807) is 28.7 Å². The predicted molar refractivity (Wildman–Crippen MR) is 220 cm³/mol. The molecule has 3 atom stereocenters. The monoisotopic (exact) mass is 840 g/mol. The SMILES string of the molecule is Cn1c(=O)n(C2CCC(=O)NC2=O)c2cccc(CN3CCN(CC[C@H]4CC[C@H](n5cc(NC(=O)c6cnn7ccc(N8C[C@H]9C[C@@H]8CO9)nc67)c(C(F)F)n5)CC4)CC3)c21. The first-order valence-corrected chi connectivity index (χ1v) is 21.5. The number of amides is 3. The van der Waals surface area contributed by atoms with Gasteiger partial charge in [-0.15, -0.1) is 0 Å². The fourth-order valence-corrected chi connectivity index (χ4v) is 10.3. The van der Waals surface area contributed by atoms with Crippen molar-refractivity contribution in [3.05, 3.63) is 70.2 Å². The van der Waals surface area contributed by atoms with Crippen molar-refractivity contribution in [2.75, 3.05) is 56.1 Å². The largest absolute Gasteiger partial charge is 0.374 e. The van der Waals surface area contributed by atoms with Crippen molar-refractivity contribution in [1.29, 1.82) is 0 Å². The van der Waals surface area contributed by atoms with E-state index in [1.807, 2.05) is 24.3 Å². The van der Waals surface area contributed by atoms with Crippen molar-refractivity contribution >= 4 is 45.9 Å². The molecule has 2 bridgehead atoms. The molecule has 1 aliphatic carbocycles. The normalized spacial score (nSPS) is 25.0. The Labute approximate surface area is 349 Å². The highest BCUT2D eigenvalue weighted by atomic mass is 19.3. The number of piperidine rings is 1. The number of halogens is 2. The number of aromatic nitrogens is 7. The maximum Gasteiger partial charge on any atom is 0.329 e. The third-order valence-corrected chi connectivity index (χ3v) is 13.6. The Balaban J connectivity index is 0.716. The summed E-state index contributed by atoms with van der Waals surface area (Å²) in [6.45, 7) is 6.69. The number of nitrogens with one attached hydrogen (secondary N) is 2. The first kappa shape index (κ1) is 39.6. The molecule has 4 saturated heterocycles. The molecule has 4 aromatic heterocycles. The lowest BCUT2D eigenvalue weighted by molar-refractivity contribution is -0.135. The number of aryl methyl sites for hydroxylation is 1. The maximum absolute atomic E-state index is 14.3. The van der Waals surface area contributed by atoms with E-state index in [2.05, 4.69) is 35.5 Å². The van der Waals surface area contributed by atoms with E-state index in [0.717, 1.165) is 94.7 Å². The van der Waals surface area contributed by atoms with E-state index >= 15 is 0 Å². The molecule has 19 heteroatoms. The topological polar surface area (TPSA) is 169 Å². The summed E-state index contributed by atoms with van der Waals surface area (Å²) in [5.41, 5.74) is 2.38. The summed E-state index contributed by atoms with van der Waals surface area (Å²) in [6.07, 6.45) is 8.12. The van der Waals surface area contributed by atoms with Crippen LogP contribution in [0.1, 0.15) is 91.5 Å². The molecule has 5 aromatic rings. The smallest absolute Gasteiger partial charge is 0.329 e. The Morgan fingerprint density at radius 2 is 1.82 bits per heavy atom. The summed E-state index contributed by atoms with van der Waals surface area (Å²) >= 11 is 0. The number of carbonyl (C=O) groups excluding carboxylic acids is 3. The number of rotatable bonds is 11. The van der Waals surface area contributed by atoms with Crippen LogP contribution in [0.5, 0.6) is 0 Å². The van der Waals surface area contributed by atoms with Gasteiger partial charge in [-0.05, 0) is 75.1 Å². The van der Waals surface area contributed by atoms with Crippen molar-refractivity contribution < 1.29 is 27.9 Å². The summed E-state index contributed by atoms with van der Waals surface area (Å²) in [5.74, 6) is -0.0547. The van der Waals surface area contributed by atoms with E-state index in [-0.39, 0.29) is 47.5 Å². The fraction of sp³-hybridized carbons (Fsp3) is 0.548. The molecule has 1 aromatic carbocycles. The van der Waals surface area contributed by atoms with Gasteiger partial charge >= 0.3 is 5.69 Å². The zero-order chi connectivity index (χ0) is 41.9. The molecule has 10 rings (SSSR count). The van der Waals surface area contributed by atoms with Crippen molar-refractivity contribution in [3.63, 3.8) is 0 Å². The van der Waals surface area contributed by atoms with Gasteiger partial charge in [-0.3, -0.25) is 38.4 Å². The number of hydrogen-bond donors (Lipinski definition) is 2. The lowest BCUT2D eigenvalue weighted by atomic mass is 9.84. The molecule has 5 fully saturated rings.